The molecule has 0 fully saturated rings. The van der Waals surface area contributed by atoms with E-state index in [1.807, 2.05) is 30.3 Å². The number of aromatic nitrogens is 3. The van der Waals surface area contributed by atoms with Gasteiger partial charge in [0.25, 0.3) is 0 Å². The highest BCUT2D eigenvalue weighted by Crippen LogP contribution is 2.25. The molecular formula is C22H24N4O3. The van der Waals surface area contributed by atoms with Gasteiger partial charge in [-0.05, 0) is 43.0 Å². The van der Waals surface area contributed by atoms with Crippen LogP contribution < -0.4 is 15.6 Å². The SMILES string of the molecule is Cn1cc(-c2cc3nc(n2)Oc2ccc(cc2)COCCCCCN3)ccc1=O. The molecule has 1 N–H and O–H groups in total. The van der Waals surface area contributed by atoms with Crippen LogP contribution in [0.15, 0.2) is 53.5 Å². The van der Waals surface area contributed by atoms with Gasteiger partial charge in [0.15, 0.2) is 0 Å². The Hall–Kier alpha value is -3.19. The van der Waals surface area contributed by atoms with Crippen molar-refractivity contribution >= 4 is 5.82 Å². The minimum Gasteiger partial charge on any atom is -0.424 e. The molecule has 0 radical (unpaired) electrons. The Morgan fingerprint density at radius 2 is 1.90 bits per heavy atom. The van der Waals surface area contributed by atoms with Crippen molar-refractivity contribution in [3.8, 4) is 23.0 Å². The minimum absolute atomic E-state index is 0.0665. The van der Waals surface area contributed by atoms with E-state index in [1.54, 1.807) is 19.3 Å². The van der Waals surface area contributed by atoms with Crippen molar-refractivity contribution in [3.63, 3.8) is 0 Å². The van der Waals surface area contributed by atoms with Crippen molar-refractivity contribution in [3.05, 3.63) is 64.6 Å². The number of rotatable bonds is 1. The molecule has 3 aromatic rings. The van der Waals surface area contributed by atoms with Gasteiger partial charge in [-0.15, -0.1) is 0 Å². The predicted octanol–water partition coefficient (Wildman–Crippen LogP) is 3.75. The van der Waals surface area contributed by atoms with Crippen molar-refractivity contribution in [2.45, 2.75) is 25.9 Å². The third-order valence-electron chi connectivity index (χ3n) is 4.76. The van der Waals surface area contributed by atoms with Gasteiger partial charge < -0.3 is 19.4 Å². The first-order valence-electron chi connectivity index (χ1n) is 9.82. The lowest BCUT2D eigenvalue weighted by Gasteiger charge is -2.12. The first-order chi connectivity index (χ1) is 14.2. The fourth-order valence-corrected chi connectivity index (χ4v) is 3.13. The maximum absolute atomic E-state index is 11.7. The number of nitrogens with one attached hydrogen (secondary N) is 1. The van der Waals surface area contributed by atoms with Crippen LogP contribution >= 0.6 is 0 Å². The number of benzene rings is 1. The van der Waals surface area contributed by atoms with Crippen LogP contribution in [0, 0.1) is 0 Å². The van der Waals surface area contributed by atoms with E-state index < -0.39 is 0 Å². The number of anilines is 1. The van der Waals surface area contributed by atoms with Crippen molar-refractivity contribution in [1.82, 2.24) is 14.5 Å². The van der Waals surface area contributed by atoms with Crippen LogP contribution in [0.1, 0.15) is 24.8 Å². The van der Waals surface area contributed by atoms with Crippen LogP contribution in [0.3, 0.4) is 0 Å². The van der Waals surface area contributed by atoms with E-state index in [2.05, 4.69) is 15.3 Å². The lowest BCUT2D eigenvalue weighted by atomic mass is 10.2. The smallest absolute Gasteiger partial charge is 0.324 e. The van der Waals surface area contributed by atoms with E-state index in [4.69, 9.17) is 9.47 Å². The van der Waals surface area contributed by atoms with Gasteiger partial charge in [0.05, 0.1) is 12.3 Å². The summed E-state index contributed by atoms with van der Waals surface area (Å²) < 4.78 is 13.2. The zero-order chi connectivity index (χ0) is 20.1. The molecule has 2 aliphatic heterocycles. The average Bonchev–Trinajstić information content (AvgIpc) is 2.72. The van der Waals surface area contributed by atoms with Crippen LogP contribution in [0.4, 0.5) is 5.82 Å². The molecule has 5 rings (SSSR count). The Balaban J connectivity index is 1.69. The summed E-state index contributed by atoms with van der Waals surface area (Å²) >= 11 is 0. The van der Waals surface area contributed by atoms with Gasteiger partial charge in [0.2, 0.25) is 5.56 Å². The summed E-state index contributed by atoms with van der Waals surface area (Å²) in [5.41, 5.74) is 2.55. The molecule has 4 heterocycles. The zero-order valence-electron chi connectivity index (χ0n) is 16.4. The quantitative estimate of drug-likeness (QED) is 0.680. The van der Waals surface area contributed by atoms with E-state index in [-0.39, 0.29) is 11.6 Å². The van der Waals surface area contributed by atoms with E-state index in [1.165, 1.54) is 10.6 Å². The average molecular weight is 392 g/mol. The maximum Gasteiger partial charge on any atom is 0.324 e. The van der Waals surface area contributed by atoms with Gasteiger partial charge in [0, 0.05) is 44.1 Å². The first kappa shape index (κ1) is 19.1. The fraction of sp³-hybridized carbons (Fsp3) is 0.318. The molecule has 0 atom stereocenters. The molecule has 150 valence electrons. The van der Waals surface area contributed by atoms with Gasteiger partial charge in [-0.25, -0.2) is 0 Å². The molecule has 1 aromatic carbocycles. The second-order valence-electron chi connectivity index (χ2n) is 7.07. The largest absolute Gasteiger partial charge is 0.424 e. The highest BCUT2D eigenvalue weighted by Gasteiger charge is 2.10. The summed E-state index contributed by atoms with van der Waals surface area (Å²) in [5, 5.41) is 3.36. The molecule has 4 bridgehead atoms. The molecule has 7 nitrogen and oxygen atoms in total. The number of hydrogen-bond donors (Lipinski definition) is 1. The van der Waals surface area contributed by atoms with Gasteiger partial charge in [-0.1, -0.05) is 12.1 Å². The second kappa shape index (κ2) is 8.87. The van der Waals surface area contributed by atoms with Crippen molar-refractivity contribution < 1.29 is 9.47 Å². The molecule has 0 saturated heterocycles. The number of fused-ring (bicyclic) bond motifs is 9. The van der Waals surface area contributed by atoms with Crippen molar-refractivity contribution in [2.24, 2.45) is 7.05 Å². The summed E-state index contributed by atoms with van der Waals surface area (Å²) in [4.78, 5) is 20.8. The number of aryl methyl sites for hydroxylation is 1. The van der Waals surface area contributed by atoms with E-state index in [0.717, 1.165) is 43.5 Å². The molecule has 0 saturated carbocycles. The predicted molar refractivity (Wildman–Crippen MR) is 111 cm³/mol. The summed E-state index contributed by atoms with van der Waals surface area (Å²) in [7, 11) is 1.72. The van der Waals surface area contributed by atoms with E-state index in [0.29, 0.717) is 23.9 Å². The first-order valence-corrected chi connectivity index (χ1v) is 9.82. The fourth-order valence-electron chi connectivity index (χ4n) is 3.13. The Bertz CT molecular complexity index is 1030. The Labute approximate surface area is 169 Å². The zero-order valence-corrected chi connectivity index (χ0v) is 16.4. The molecule has 7 heteroatoms. The van der Waals surface area contributed by atoms with E-state index >= 15 is 0 Å². The third-order valence-corrected chi connectivity index (χ3v) is 4.76. The van der Waals surface area contributed by atoms with Crippen LogP contribution in [0.5, 0.6) is 11.8 Å². The van der Waals surface area contributed by atoms with Crippen molar-refractivity contribution in [2.75, 3.05) is 18.5 Å². The van der Waals surface area contributed by atoms with Crippen molar-refractivity contribution in [1.29, 1.82) is 0 Å². The molecule has 0 aliphatic carbocycles. The van der Waals surface area contributed by atoms with Crippen LogP contribution in [0.25, 0.3) is 11.3 Å². The van der Waals surface area contributed by atoms with Crippen LogP contribution in [0.2, 0.25) is 0 Å². The highest BCUT2D eigenvalue weighted by molar-refractivity contribution is 5.62. The van der Waals surface area contributed by atoms with Crippen LogP contribution in [-0.2, 0) is 18.4 Å². The van der Waals surface area contributed by atoms with Gasteiger partial charge in [-0.2, -0.15) is 9.97 Å². The van der Waals surface area contributed by atoms with Gasteiger partial charge >= 0.3 is 6.01 Å². The maximum atomic E-state index is 11.7. The monoisotopic (exact) mass is 392 g/mol. The third kappa shape index (κ3) is 5.00. The summed E-state index contributed by atoms with van der Waals surface area (Å²) in [6.45, 7) is 2.16. The minimum atomic E-state index is -0.0665. The Kier molecular flexibility index (Phi) is 5.86. The molecule has 29 heavy (non-hydrogen) atoms. The Morgan fingerprint density at radius 1 is 1.03 bits per heavy atom. The molecule has 0 spiro atoms. The lowest BCUT2D eigenvalue weighted by Crippen LogP contribution is -2.14. The molecule has 2 aromatic heterocycles. The summed E-state index contributed by atoms with van der Waals surface area (Å²) in [6, 6.07) is 13.2. The van der Waals surface area contributed by atoms with Crippen LogP contribution in [-0.4, -0.2) is 27.7 Å². The standard InChI is InChI=1S/C22H24N4O3/c1-26-14-17(7-10-21(26)27)19-13-20-23-11-3-2-4-12-28-15-16-5-8-18(9-6-16)29-22(24-19)25-20/h5-10,13-14H,2-4,11-12,15H2,1H3,(H,23,24,25). The summed E-state index contributed by atoms with van der Waals surface area (Å²) in [5.74, 6) is 1.35. The van der Waals surface area contributed by atoms with Gasteiger partial charge in [-0.3, -0.25) is 4.79 Å². The number of nitrogens with zero attached hydrogens (tertiary/aromatic N) is 3. The molecular weight excluding hydrogens is 368 g/mol. The van der Waals surface area contributed by atoms with Gasteiger partial charge in [0.1, 0.15) is 11.6 Å². The molecule has 0 amide bonds. The number of ether oxygens (including phenoxy) is 2. The number of pyridine rings is 1. The highest BCUT2D eigenvalue weighted by atomic mass is 16.5. The van der Waals surface area contributed by atoms with E-state index in [9.17, 15) is 4.79 Å². The molecule has 2 aliphatic rings. The second-order valence-corrected chi connectivity index (χ2v) is 7.07. The topological polar surface area (TPSA) is 78.3 Å². The molecule has 0 unspecified atom stereocenters. The number of hydrogen-bond acceptors (Lipinski definition) is 6. The lowest BCUT2D eigenvalue weighted by molar-refractivity contribution is 0.117. The Morgan fingerprint density at radius 3 is 2.72 bits per heavy atom. The normalized spacial score (nSPS) is 14.8. The summed E-state index contributed by atoms with van der Waals surface area (Å²) in [6.07, 6.45) is 4.89.